The van der Waals surface area contributed by atoms with Gasteiger partial charge in [0.25, 0.3) is 5.91 Å². The number of rotatable bonds is 8. The van der Waals surface area contributed by atoms with Crippen molar-refractivity contribution in [3.05, 3.63) is 83.2 Å². The smallest absolute Gasteiger partial charge is 0.254 e. The van der Waals surface area contributed by atoms with E-state index in [1.54, 1.807) is 43.4 Å². The van der Waals surface area contributed by atoms with E-state index in [1.165, 1.54) is 28.6 Å². The van der Waals surface area contributed by atoms with Crippen LogP contribution in [0.15, 0.2) is 65.6 Å². The first kappa shape index (κ1) is 27.9. The number of nitrogens with zero attached hydrogens (tertiary/aromatic N) is 2. The monoisotopic (exact) mass is 568 g/mol. The van der Waals surface area contributed by atoms with Crippen molar-refractivity contribution in [2.45, 2.75) is 36.6 Å². The minimum atomic E-state index is -3.60. The van der Waals surface area contributed by atoms with Gasteiger partial charge >= 0.3 is 0 Å². The molecule has 1 atom stereocenters. The molecule has 8 nitrogen and oxygen atoms in total. The first-order chi connectivity index (χ1) is 19.3. The molecule has 0 radical (unpaired) electrons. The predicted molar refractivity (Wildman–Crippen MR) is 148 cm³/mol. The van der Waals surface area contributed by atoms with Gasteiger partial charge in [-0.3, -0.25) is 4.79 Å². The quantitative estimate of drug-likeness (QED) is 0.387. The van der Waals surface area contributed by atoms with Gasteiger partial charge in [-0.25, -0.2) is 12.8 Å². The molecule has 0 bridgehead atoms. The zero-order valence-corrected chi connectivity index (χ0v) is 23.5. The van der Waals surface area contributed by atoms with Crippen LogP contribution < -0.4 is 14.2 Å². The summed E-state index contributed by atoms with van der Waals surface area (Å²) in [5, 5.41) is 0. The van der Waals surface area contributed by atoms with E-state index >= 15 is 0 Å². The Bertz CT molecular complexity index is 1450. The molecular formula is C30H33FN2O6S. The summed E-state index contributed by atoms with van der Waals surface area (Å²) in [6, 6.07) is 15.2. The summed E-state index contributed by atoms with van der Waals surface area (Å²) < 4.78 is 58.1. The third-order valence-corrected chi connectivity index (χ3v) is 9.45. The average Bonchev–Trinajstić information content (AvgIpc) is 3.00. The lowest BCUT2D eigenvalue weighted by molar-refractivity contribution is 0.0589. The van der Waals surface area contributed by atoms with Crippen LogP contribution in [0.5, 0.6) is 17.2 Å². The lowest BCUT2D eigenvalue weighted by Crippen LogP contribution is -2.42. The second-order valence-electron chi connectivity index (χ2n) is 9.92. The van der Waals surface area contributed by atoms with E-state index in [4.69, 9.17) is 14.2 Å². The first-order valence-electron chi connectivity index (χ1n) is 13.4. The van der Waals surface area contributed by atoms with Gasteiger partial charge in [0.1, 0.15) is 18.2 Å². The van der Waals surface area contributed by atoms with Gasteiger partial charge in [0.2, 0.25) is 10.0 Å². The number of carbonyl (C=O) groups is 1. The van der Waals surface area contributed by atoms with Crippen LogP contribution in [-0.2, 0) is 16.4 Å². The SMILES string of the molecule is COc1cc2c(cc1OC)[C@H](COc1ccc(F)cc1)N(C(=O)c1ccc(S(=O)(=O)N3CCCCC3)cc1)CC2. The maximum atomic E-state index is 13.8. The molecule has 0 aliphatic carbocycles. The Kier molecular flexibility index (Phi) is 8.27. The van der Waals surface area contributed by atoms with Crippen LogP contribution in [0.25, 0.3) is 0 Å². The first-order valence-corrected chi connectivity index (χ1v) is 14.8. The van der Waals surface area contributed by atoms with Gasteiger partial charge in [0, 0.05) is 25.2 Å². The summed E-state index contributed by atoms with van der Waals surface area (Å²) in [6.07, 6.45) is 3.33. The van der Waals surface area contributed by atoms with Gasteiger partial charge in [-0.05, 0) is 91.1 Å². The summed E-state index contributed by atoms with van der Waals surface area (Å²) in [6.45, 7) is 1.58. The third kappa shape index (κ3) is 5.64. The number of hydrogen-bond acceptors (Lipinski definition) is 6. The van der Waals surface area contributed by atoms with E-state index in [2.05, 4.69) is 0 Å². The van der Waals surface area contributed by atoms with E-state index in [0.717, 1.165) is 30.4 Å². The molecule has 40 heavy (non-hydrogen) atoms. The Morgan fingerprint density at radius 1 is 0.900 bits per heavy atom. The van der Waals surface area contributed by atoms with Crippen molar-refractivity contribution in [2.75, 3.05) is 40.5 Å². The summed E-state index contributed by atoms with van der Waals surface area (Å²) >= 11 is 0. The largest absolute Gasteiger partial charge is 0.493 e. The van der Waals surface area contributed by atoms with Crippen LogP contribution in [0, 0.1) is 5.82 Å². The lowest BCUT2D eigenvalue weighted by atomic mass is 9.91. The molecule has 3 aromatic rings. The summed E-state index contributed by atoms with van der Waals surface area (Å²) in [7, 11) is -0.469. The Morgan fingerprint density at radius 3 is 2.20 bits per heavy atom. The number of ether oxygens (including phenoxy) is 3. The second-order valence-corrected chi connectivity index (χ2v) is 11.9. The number of hydrogen-bond donors (Lipinski definition) is 0. The number of piperidine rings is 1. The highest BCUT2D eigenvalue weighted by Crippen LogP contribution is 2.39. The normalized spacial score (nSPS) is 17.7. The molecule has 1 amide bonds. The van der Waals surface area contributed by atoms with E-state index < -0.39 is 16.1 Å². The third-order valence-electron chi connectivity index (χ3n) is 7.54. The van der Waals surface area contributed by atoms with E-state index in [-0.39, 0.29) is 23.2 Å². The van der Waals surface area contributed by atoms with E-state index in [0.29, 0.717) is 48.9 Å². The van der Waals surface area contributed by atoms with Gasteiger partial charge in [-0.1, -0.05) is 6.42 Å². The van der Waals surface area contributed by atoms with Gasteiger partial charge < -0.3 is 19.1 Å². The molecule has 0 saturated carbocycles. The van der Waals surface area contributed by atoms with Gasteiger partial charge in [0.15, 0.2) is 11.5 Å². The zero-order valence-electron chi connectivity index (χ0n) is 22.6. The van der Waals surface area contributed by atoms with Gasteiger partial charge in [-0.2, -0.15) is 4.31 Å². The van der Waals surface area contributed by atoms with Crippen molar-refractivity contribution < 1.29 is 31.8 Å². The Morgan fingerprint density at radius 2 is 1.55 bits per heavy atom. The lowest BCUT2D eigenvalue weighted by Gasteiger charge is -2.37. The molecule has 0 N–H and O–H groups in total. The van der Waals surface area contributed by atoms with E-state index in [1.807, 2.05) is 12.1 Å². The number of methoxy groups -OCH3 is 2. The molecular weight excluding hydrogens is 535 g/mol. The molecule has 5 rings (SSSR count). The van der Waals surface area contributed by atoms with Gasteiger partial charge in [-0.15, -0.1) is 0 Å². The van der Waals surface area contributed by atoms with Crippen molar-refractivity contribution in [3.63, 3.8) is 0 Å². The van der Waals surface area contributed by atoms with Gasteiger partial charge in [0.05, 0.1) is 25.2 Å². The average molecular weight is 569 g/mol. The predicted octanol–water partition coefficient (Wildman–Crippen LogP) is 4.84. The van der Waals surface area contributed by atoms with Crippen LogP contribution in [0.1, 0.15) is 46.8 Å². The summed E-state index contributed by atoms with van der Waals surface area (Å²) in [4.78, 5) is 15.7. The highest BCUT2D eigenvalue weighted by atomic mass is 32.2. The Hall–Kier alpha value is -3.63. The molecule has 0 aromatic heterocycles. The fraction of sp³-hybridized carbons (Fsp3) is 0.367. The standard InChI is InChI=1S/C30H33FN2O6S/c1-37-28-18-22-14-17-33(27(26(22)19-29(28)38-2)20-39-24-10-8-23(31)9-11-24)30(34)21-6-12-25(13-7-21)40(35,36)32-15-4-3-5-16-32/h6-13,18-19,27H,3-5,14-17,20H2,1-2H3/t27-/m0/s1. The molecule has 2 aliphatic rings. The van der Waals surface area contributed by atoms with Crippen molar-refractivity contribution in [3.8, 4) is 17.2 Å². The van der Waals surface area contributed by atoms with Crippen molar-refractivity contribution in [2.24, 2.45) is 0 Å². The molecule has 10 heteroatoms. The van der Waals surface area contributed by atoms with E-state index in [9.17, 15) is 17.6 Å². The van der Waals surface area contributed by atoms with Crippen LogP contribution >= 0.6 is 0 Å². The highest BCUT2D eigenvalue weighted by molar-refractivity contribution is 7.89. The molecule has 0 spiro atoms. The fourth-order valence-corrected chi connectivity index (χ4v) is 6.86. The molecule has 0 unspecified atom stereocenters. The van der Waals surface area contributed by atoms with Crippen LogP contribution in [0.3, 0.4) is 0 Å². The number of benzene rings is 3. The van der Waals surface area contributed by atoms with Crippen LogP contribution in [0.4, 0.5) is 4.39 Å². The van der Waals surface area contributed by atoms with Crippen LogP contribution in [0.2, 0.25) is 0 Å². The Labute approximate surface area is 234 Å². The molecule has 2 aliphatic heterocycles. The summed E-state index contributed by atoms with van der Waals surface area (Å²) in [5.74, 6) is 1.01. The minimum Gasteiger partial charge on any atom is -0.493 e. The second kappa shape index (κ2) is 11.9. The molecule has 1 saturated heterocycles. The Balaban J connectivity index is 1.43. The zero-order chi connectivity index (χ0) is 28.3. The molecule has 1 fully saturated rings. The van der Waals surface area contributed by atoms with Crippen molar-refractivity contribution in [1.82, 2.24) is 9.21 Å². The topological polar surface area (TPSA) is 85.4 Å². The summed E-state index contributed by atoms with van der Waals surface area (Å²) in [5.41, 5.74) is 2.26. The molecule has 212 valence electrons. The fourth-order valence-electron chi connectivity index (χ4n) is 5.35. The maximum Gasteiger partial charge on any atom is 0.254 e. The number of amides is 1. The molecule has 3 aromatic carbocycles. The van der Waals surface area contributed by atoms with Crippen molar-refractivity contribution >= 4 is 15.9 Å². The minimum absolute atomic E-state index is 0.126. The highest BCUT2D eigenvalue weighted by Gasteiger charge is 2.34. The number of carbonyl (C=O) groups excluding carboxylic acids is 1. The number of sulfonamides is 1. The molecule has 2 heterocycles. The van der Waals surface area contributed by atoms with Crippen molar-refractivity contribution in [1.29, 1.82) is 0 Å². The number of halogens is 1. The number of fused-ring (bicyclic) bond motifs is 1. The van der Waals surface area contributed by atoms with Crippen LogP contribution in [-0.4, -0.2) is 64.0 Å². The maximum absolute atomic E-state index is 13.8.